The summed E-state index contributed by atoms with van der Waals surface area (Å²) in [5.74, 6) is 0.284. The Morgan fingerprint density at radius 2 is 2.28 bits per heavy atom. The molecule has 25 heavy (non-hydrogen) atoms. The number of piperidine rings is 1. The minimum absolute atomic E-state index is 0. The molecule has 2 atom stereocenters. The highest BCUT2D eigenvalue weighted by atomic mass is 19.1. The van der Waals surface area contributed by atoms with E-state index in [-0.39, 0.29) is 19.3 Å². The number of methoxy groups -OCH3 is 1. The molecule has 0 spiro atoms. The fourth-order valence-electron chi connectivity index (χ4n) is 3.21. The Balaban J connectivity index is 0.00000196. The predicted molar refractivity (Wildman–Crippen MR) is 94.8 cm³/mol. The van der Waals surface area contributed by atoms with Crippen molar-refractivity contribution in [2.24, 2.45) is 5.73 Å². The maximum Gasteiger partial charge on any atom is 0.181 e. The van der Waals surface area contributed by atoms with E-state index >= 15 is 0 Å². The summed E-state index contributed by atoms with van der Waals surface area (Å²) in [6, 6.07) is 6.74. The highest BCUT2D eigenvalue weighted by molar-refractivity contribution is 5.89. The number of halogens is 1. The molecule has 1 fully saturated rings. The fraction of sp³-hybridized carbons (Fsp3) is 0.353. The van der Waals surface area contributed by atoms with Gasteiger partial charge < -0.3 is 15.4 Å². The van der Waals surface area contributed by atoms with E-state index in [0.717, 1.165) is 18.4 Å². The van der Waals surface area contributed by atoms with E-state index < -0.39 is 5.82 Å². The van der Waals surface area contributed by atoms with Gasteiger partial charge in [0.25, 0.3) is 0 Å². The Bertz CT molecular complexity index is 904. The van der Waals surface area contributed by atoms with Gasteiger partial charge in [0.05, 0.1) is 11.8 Å². The van der Waals surface area contributed by atoms with Crippen LogP contribution in [0.3, 0.4) is 0 Å². The van der Waals surface area contributed by atoms with Gasteiger partial charge in [-0.1, -0.05) is 0 Å². The third-order valence-electron chi connectivity index (χ3n) is 4.63. The van der Waals surface area contributed by atoms with Crippen LogP contribution in [-0.4, -0.2) is 52.5 Å². The van der Waals surface area contributed by atoms with Crippen molar-refractivity contribution in [1.82, 2.24) is 20.2 Å². The van der Waals surface area contributed by atoms with Gasteiger partial charge in [-0.25, -0.2) is 14.4 Å². The van der Waals surface area contributed by atoms with E-state index in [1.165, 1.54) is 6.07 Å². The van der Waals surface area contributed by atoms with Crippen molar-refractivity contribution in [1.29, 1.82) is 0 Å². The number of nitrogens with two attached hydrogens (primary N) is 1. The number of anilines is 1. The number of rotatable bonds is 3. The predicted octanol–water partition coefficient (Wildman–Crippen LogP) is 1.96. The molecule has 0 bridgehead atoms. The second-order valence-corrected chi connectivity index (χ2v) is 6.15. The highest BCUT2D eigenvalue weighted by Crippen LogP contribution is 2.28. The lowest BCUT2D eigenvalue weighted by Gasteiger charge is -2.36. The van der Waals surface area contributed by atoms with Gasteiger partial charge in [-0.2, -0.15) is 5.10 Å². The summed E-state index contributed by atoms with van der Waals surface area (Å²) in [5.41, 5.74) is 7.37. The van der Waals surface area contributed by atoms with Gasteiger partial charge in [-0.3, -0.25) is 5.10 Å². The molecule has 0 aromatic carbocycles. The van der Waals surface area contributed by atoms with Crippen molar-refractivity contribution in [3.63, 3.8) is 0 Å². The van der Waals surface area contributed by atoms with Crippen LogP contribution in [0.15, 0.2) is 30.5 Å². The fourth-order valence-corrected chi connectivity index (χ4v) is 3.21. The number of H-pyrrole nitrogens is 1. The molecule has 0 aliphatic carbocycles. The molecule has 1 aliphatic rings. The molecular formula is C17H21FN6O. The lowest BCUT2D eigenvalue weighted by molar-refractivity contribution is 0.0728. The molecule has 4 rings (SSSR count). The number of ether oxygens (including phenoxy) is 1. The quantitative estimate of drug-likeness (QED) is 0.754. The number of aromatic nitrogens is 4. The third-order valence-corrected chi connectivity index (χ3v) is 4.63. The lowest BCUT2D eigenvalue weighted by Crippen LogP contribution is -2.51. The number of nitrogens with one attached hydrogen (secondary N) is 1. The summed E-state index contributed by atoms with van der Waals surface area (Å²) < 4.78 is 19.9. The molecule has 1 saturated heterocycles. The van der Waals surface area contributed by atoms with Gasteiger partial charge in [-0.15, -0.1) is 0 Å². The number of pyridine rings is 2. The van der Waals surface area contributed by atoms with Crippen LogP contribution in [0.4, 0.5) is 10.2 Å². The van der Waals surface area contributed by atoms with Crippen LogP contribution in [0, 0.1) is 5.82 Å². The van der Waals surface area contributed by atoms with Gasteiger partial charge in [-0.05, 0) is 30.7 Å². The molecule has 3 aromatic rings. The lowest BCUT2D eigenvalue weighted by atomic mass is 10.0. The number of hydrogen-bond acceptors (Lipinski definition) is 6. The van der Waals surface area contributed by atoms with E-state index in [0.29, 0.717) is 23.7 Å². The monoisotopic (exact) mass is 344 g/mol. The summed E-state index contributed by atoms with van der Waals surface area (Å²) in [4.78, 5) is 10.8. The SMILES string of the molecule is CO[C@H]1CN(c2ccc(F)c(-c3[nH]nc4ncccc34)n2)CC[C@H]1N.[HH]. The maximum atomic E-state index is 14.4. The van der Waals surface area contributed by atoms with Crippen molar-refractivity contribution < 1.29 is 10.6 Å². The molecule has 0 unspecified atom stereocenters. The maximum absolute atomic E-state index is 14.4. The molecule has 8 heteroatoms. The zero-order valence-electron chi connectivity index (χ0n) is 13.8. The highest BCUT2D eigenvalue weighted by Gasteiger charge is 2.28. The number of hydrogen-bond donors (Lipinski definition) is 2. The topological polar surface area (TPSA) is 93.0 Å². The Kier molecular flexibility index (Phi) is 4.06. The first-order valence-corrected chi connectivity index (χ1v) is 8.16. The largest absolute Gasteiger partial charge is 0.378 e. The Hall–Kier alpha value is -2.58. The Morgan fingerprint density at radius 1 is 1.40 bits per heavy atom. The molecular weight excluding hydrogens is 323 g/mol. The van der Waals surface area contributed by atoms with Crippen molar-refractivity contribution in [3.05, 3.63) is 36.3 Å². The molecule has 7 nitrogen and oxygen atoms in total. The van der Waals surface area contributed by atoms with Crippen molar-refractivity contribution in [3.8, 4) is 11.4 Å². The van der Waals surface area contributed by atoms with Gasteiger partial charge in [0.2, 0.25) is 0 Å². The van der Waals surface area contributed by atoms with Crippen LogP contribution < -0.4 is 10.6 Å². The number of nitrogens with zero attached hydrogens (tertiary/aromatic N) is 4. The Morgan fingerprint density at radius 3 is 3.12 bits per heavy atom. The molecule has 132 valence electrons. The molecule has 0 saturated carbocycles. The first-order chi connectivity index (χ1) is 12.2. The van der Waals surface area contributed by atoms with Crippen molar-refractivity contribution in [2.45, 2.75) is 18.6 Å². The molecule has 1 aliphatic heterocycles. The minimum Gasteiger partial charge on any atom is -0.378 e. The third kappa shape index (κ3) is 2.83. The first kappa shape index (κ1) is 15.9. The zero-order valence-corrected chi connectivity index (χ0v) is 13.8. The van der Waals surface area contributed by atoms with Crippen LogP contribution in [0.5, 0.6) is 0 Å². The molecule has 0 amide bonds. The van der Waals surface area contributed by atoms with Gasteiger partial charge in [0.15, 0.2) is 11.5 Å². The average molecular weight is 344 g/mol. The van der Waals surface area contributed by atoms with E-state index in [4.69, 9.17) is 10.5 Å². The van der Waals surface area contributed by atoms with E-state index in [1.54, 1.807) is 25.4 Å². The van der Waals surface area contributed by atoms with E-state index in [9.17, 15) is 4.39 Å². The average Bonchev–Trinajstić information content (AvgIpc) is 3.07. The van der Waals surface area contributed by atoms with E-state index in [2.05, 4.69) is 25.1 Å². The van der Waals surface area contributed by atoms with Crippen molar-refractivity contribution >= 4 is 16.9 Å². The van der Waals surface area contributed by atoms with Crippen molar-refractivity contribution in [2.75, 3.05) is 25.1 Å². The summed E-state index contributed by atoms with van der Waals surface area (Å²) in [6.07, 6.45) is 2.37. The molecule has 3 N–H and O–H groups in total. The van der Waals surface area contributed by atoms with Crippen LogP contribution >= 0.6 is 0 Å². The van der Waals surface area contributed by atoms with Gasteiger partial charge in [0, 0.05) is 39.3 Å². The summed E-state index contributed by atoms with van der Waals surface area (Å²) >= 11 is 0. The van der Waals surface area contributed by atoms with Gasteiger partial charge in [0.1, 0.15) is 11.5 Å². The number of fused-ring (bicyclic) bond motifs is 1. The standard InChI is InChI=1S/C17H19FN6O.H2/c1-25-13-9-24(8-6-12(13)19)14-5-4-11(18)16(21-14)15-10-3-2-7-20-17(10)23-22-15;/h2-5,7,12-13H,6,8-9,19H2,1H3,(H,20,22,23);1H/t12-,13+;/m1./s1. The zero-order chi connectivity index (χ0) is 17.4. The van der Waals surface area contributed by atoms with Crippen LogP contribution in [0.25, 0.3) is 22.4 Å². The Labute approximate surface area is 145 Å². The summed E-state index contributed by atoms with van der Waals surface area (Å²) in [6.45, 7) is 1.38. The van der Waals surface area contributed by atoms with Crippen LogP contribution in [0.1, 0.15) is 7.85 Å². The van der Waals surface area contributed by atoms with E-state index in [1.807, 2.05) is 6.07 Å². The summed E-state index contributed by atoms with van der Waals surface area (Å²) in [5, 5.41) is 7.71. The number of aromatic amines is 1. The first-order valence-electron chi connectivity index (χ1n) is 8.16. The minimum atomic E-state index is -0.407. The second-order valence-electron chi connectivity index (χ2n) is 6.15. The molecule has 3 aromatic heterocycles. The normalized spacial score (nSPS) is 21.0. The van der Waals surface area contributed by atoms with Crippen LogP contribution in [0.2, 0.25) is 0 Å². The molecule has 0 radical (unpaired) electrons. The van der Waals surface area contributed by atoms with Crippen LogP contribution in [-0.2, 0) is 4.74 Å². The molecule has 4 heterocycles. The smallest absolute Gasteiger partial charge is 0.181 e. The second kappa shape index (κ2) is 6.38. The van der Waals surface area contributed by atoms with Gasteiger partial charge >= 0.3 is 0 Å². The summed E-state index contributed by atoms with van der Waals surface area (Å²) in [7, 11) is 1.65.